The fourth-order valence-corrected chi connectivity index (χ4v) is 3.27. The summed E-state index contributed by atoms with van der Waals surface area (Å²) in [5.41, 5.74) is 0.740. The van der Waals surface area contributed by atoms with Gasteiger partial charge in [-0.3, -0.25) is 4.79 Å². The van der Waals surface area contributed by atoms with E-state index in [-0.39, 0.29) is 5.78 Å². The summed E-state index contributed by atoms with van der Waals surface area (Å²) < 4.78 is 5.73. The number of nitrogens with zero attached hydrogens (tertiary/aromatic N) is 2. The molecule has 0 amide bonds. The second kappa shape index (κ2) is 7.77. The average Bonchev–Trinajstić information content (AvgIpc) is 2.61. The molecule has 128 valence electrons. The summed E-state index contributed by atoms with van der Waals surface area (Å²) in [6.45, 7) is 7.57. The first-order chi connectivity index (χ1) is 11.7. The van der Waals surface area contributed by atoms with Crippen LogP contribution in [0.25, 0.3) is 10.8 Å². The first-order valence-corrected chi connectivity index (χ1v) is 8.77. The zero-order valence-electron chi connectivity index (χ0n) is 14.6. The normalized spacial score (nSPS) is 16.4. The van der Waals surface area contributed by atoms with Crippen molar-refractivity contribution < 1.29 is 9.53 Å². The highest BCUT2D eigenvalue weighted by Gasteiger charge is 2.19. The Balaban J connectivity index is 1.79. The summed E-state index contributed by atoms with van der Waals surface area (Å²) in [7, 11) is 2.15. The third kappa shape index (κ3) is 3.77. The van der Waals surface area contributed by atoms with E-state index in [1.807, 2.05) is 43.3 Å². The number of hydrogen-bond donors (Lipinski definition) is 0. The molecule has 0 aromatic heterocycles. The first-order valence-electron chi connectivity index (χ1n) is 8.77. The Morgan fingerprint density at radius 1 is 1.08 bits per heavy atom. The van der Waals surface area contributed by atoms with Gasteiger partial charge in [0.2, 0.25) is 0 Å². The van der Waals surface area contributed by atoms with Crippen molar-refractivity contribution in [1.82, 2.24) is 9.80 Å². The number of rotatable bonds is 6. The van der Waals surface area contributed by atoms with Crippen LogP contribution in [-0.2, 0) is 0 Å². The molecule has 0 radical (unpaired) electrons. The molecule has 2 aromatic rings. The number of hydrogen-bond acceptors (Lipinski definition) is 4. The molecule has 24 heavy (non-hydrogen) atoms. The van der Waals surface area contributed by atoms with Crippen LogP contribution >= 0.6 is 0 Å². The van der Waals surface area contributed by atoms with Crippen LogP contribution in [0, 0.1) is 0 Å². The van der Waals surface area contributed by atoms with Gasteiger partial charge < -0.3 is 14.5 Å². The van der Waals surface area contributed by atoms with Crippen molar-refractivity contribution in [3.63, 3.8) is 0 Å². The Hall–Kier alpha value is -1.91. The molecule has 0 atom stereocenters. The van der Waals surface area contributed by atoms with E-state index in [0.29, 0.717) is 18.8 Å². The van der Waals surface area contributed by atoms with Gasteiger partial charge in [0, 0.05) is 39.1 Å². The number of Topliss-reactive ketones (excluding diaryl/α,β-unsaturated/α-hetero) is 1. The number of carbonyl (C=O) groups is 1. The lowest BCUT2D eigenvalue weighted by Crippen LogP contribution is -2.45. The minimum absolute atomic E-state index is 0.175. The summed E-state index contributed by atoms with van der Waals surface area (Å²) in [6, 6.07) is 12.0. The van der Waals surface area contributed by atoms with E-state index < -0.39 is 0 Å². The maximum absolute atomic E-state index is 12.9. The maximum atomic E-state index is 12.9. The first kappa shape index (κ1) is 16.9. The molecule has 0 bridgehead atoms. The average molecular weight is 326 g/mol. The monoisotopic (exact) mass is 326 g/mol. The third-order valence-corrected chi connectivity index (χ3v) is 4.72. The molecule has 3 rings (SSSR count). The molecule has 0 N–H and O–H groups in total. The molecule has 0 saturated carbocycles. The minimum atomic E-state index is 0.175. The van der Waals surface area contributed by atoms with Crippen LogP contribution in [0.3, 0.4) is 0 Å². The molecule has 1 aliphatic heterocycles. The van der Waals surface area contributed by atoms with Gasteiger partial charge in [0.25, 0.3) is 0 Å². The fraction of sp³-hybridized carbons (Fsp3) is 0.450. The quantitative estimate of drug-likeness (QED) is 0.764. The number of benzene rings is 2. The highest BCUT2D eigenvalue weighted by molar-refractivity contribution is 6.10. The number of piperazine rings is 1. The summed E-state index contributed by atoms with van der Waals surface area (Å²) in [5.74, 6) is 0.883. The van der Waals surface area contributed by atoms with Crippen molar-refractivity contribution in [2.24, 2.45) is 0 Å². The summed E-state index contributed by atoms with van der Waals surface area (Å²) >= 11 is 0. The molecule has 4 nitrogen and oxygen atoms in total. The number of ketones is 1. The van der Waals surface area contributed by atoms with Crippen LogP contribution in [0.5, 0.6) is 5.75 Å². The predicted molar refractivity (Wildman–Crippen MR) is 98.0 cm³/mol. The molecule has 2 aromatic carbocycles. The van der Waals surface area contributed by atoms with Gasteiger partial charge in [-0.15, -0.1) is 0 Å². The Bertz CT molecular complexity index is 706. The van der Waals surface area contributed by atoms with Gasteiger partial charge in [0.05, 0.1) is 12.2 Å². The van der Waals surface area contributed by atoms with Crippen molar-refractivity contribution in [2.75, 3.05) is 46.4 Å². The molecular weight excluding hydrogens is 300 g/mol. The Labute approximate surface area is 144 Å². The number of carbonyl (C=O) groups excluding carboxylic acids is 1. The minimum Gasteiger partial charge on any atom is -0.493 e. The van der Waals surface area contributed by atoms with Gasteiger partial charge in [-0.1, -0.05) is 30.3 Å². The second-order valence-corrected chi connectivity index (χ2v) is 6.41. The summed E-state index contributed by atoms with van der Waals surface area (Å²) in [4.78, 5) is 17.7. The molecular formula is C20H26N2O2. The van der Waals surface area contributed by atoms with Gasteiger partial charge in [0.15, 0.2) is 5.78 Å². The Kier molecular flexibility index (Phi) is 5.48. The molecule has 4 heteroatoms. The maximum Gasteiger partial charge on any atom is 0.168 e. The Morgan fingerprint density at radius 3 is 2.58 bits per heavy atom. The van der Waals surface area contributed by atoms with Crippen LogP contribution in [-0.4, -0.2) is 62.0 Å². The molecule has 1 heterocycles. The lowest BCUT2D eigenvalue weighted by atomic mass is 9.98. The van der Waals surface area contributed by atoms with Gasteiger partial charge in [0.1, 0.15) is 5.75 Å². The van der Waals surface area contributed by atoms with E-state index >= 15 is 0 Å². The summed E-state index contributed by atoms with van der Waals surface area (Å²) in [5, 5.41) is 2.08. The standard InChI is InChI=1S/C20H26N2O2/c1-3-24-19-9-8-16-6-4-5-7-17(16)20(19)18(23)10-11-22-14-12-21(2)13-15-22/h4-9H,3,10-15H2,1-2H3. The number of fused-ring (bicyclic) bond motifs is 1. The van der Waals surface area contributed by atoms with E-state index in [4.69, 9.17) is 4.74 Å². The second-order valence-electron chi connectivity index (χ2n) is 6.41. The van der Waals surface area contributed by atoms with E-state index in [2.05, 4.69) is 16.8 Å². The van der Waals surface area contributed by atoms with Crippen molar-refractivity contribution in [2.45, 2.75) is 13.3 Å². The Morgan fingerprint density at radius 2 is 1.83 bits per heavy atom. The lowest BCUT2D eigenvalue weighted by molar-refractivity contribution is 0.0940. The molecule has 1 saturated heterocycles. The van der Waals surface area contributed by atoms with E-state index in [9.17, 15) is 4.79 Å². The van der Waals surface area contributed by atoms with Crippen LogP contribution in [0.1, 0.15) is 23.7 Å². The SMILES string of the molecule is CCOc1ccc2ccccc2c1C(=O)CCN1CCN(C)CC1. The molecule has 1 fully saturated rings. The molecule has 0 aliphatic carbocycles. The van der Waals surface area contributed by atoms with E-state index in [1.165, 1.54) is 0 Å². The predicted octanol–water partition coefficient (Wildman–Crippen LogP) is 3.06. The van der Waals surface area contributed by atoms with Crippen LogP contribution in [0.4, 0.5) is 0 Å². The topological polar surface area (TPSA) is 32.8 Å². The molecule has 0 unspecified atom stereocenters. The highest BCUT2D eigenvalue weighted by Crippen LogP contribution is 2.29. The van der Waals surface area contributed by atoms with Gasteiger partial charge in [-0.25, -0.2) is 0 Å². The zero-order chi connectivity index (χ0) is 16.9. The number of ether oxygens (including phenoxy) is 1. The van der Waals surface area contributed by atoms with Crippen molar-refractivity contribution in [3.8, 4) is 5.75 Å². The highest BCUT2D eigenvalue weighted by atomic mass is 16.5. The number of likely N-dealkylation sites (N-methyl/N-ethyl adjacent to an activating group) is 1. The van der Waals surface area contributed by atoms with Crippen molar-refractivity contribution >= 4 is 16.6 Å². The zero-order valence-corrected chi connectivity index (χ0v) is 14.6. The van der Waals surface area contributed by atoms with E-state index in [1.54, 1.807) is 0 Å². The largest absolute Gasteiger partial charge is 0.493 e. The van der Waals surface area contributed by atoms with Gasteiger partial charge >= 0.3 is 0 Å². The van der Waals surface area contributed by atoms with Crippen molar-refractivity contribution in [3.05, 3.63) is 42.0 Å². The lowest BCUT2D eigenvalue weighted by Gasteiger charge is -2.32. The van der Waals surface area contributed by atoms with Crippen LogP contribution in [0.15, 0.2) is 36.4 Å². The molecule has 1 aliphatic rings. The van der Waals surface area contributed by atoms with Gasteiger partial charge in [-0.2, -0.15) is 0 Å². The van der Waals surface area contributed by atoms with Crippen LogP contribution < -0.4 is 4.74 Å². The van der Waals surface area contributed by atoms with Crippen molar-refractivity contribution in [1.29, 1.82) is 0 Å². The van der Waals surface area contributed by atoms with Gasteiger partial charge in [-0.05, 0) is 30.8 Å². The summed E-state index contributed by atoms with van der Waals surface area (Å²) in [6.07, 6.45) is 0.539. The smallest absolute Gasteiger partial charge is 0.168 e. The van der Waals surface area contributed by atoms with Crippen LogP contribution in [0.2, 0.25) is 0 Å². The van der Waals surface area contributed by atoms with E-state index in [0.717, 1.165) is 49.1 Å². The molecule has 0 spiro atoms. The fourth-order valence-electron chi connectivity index (χ4n) is 3.27. The third-order valence-electron chi connectivity index (χ3n) is 4.72.